The molecule has 0 fully saturated rings. The van der Waals surface area contributed by atoms with Gasteiger partial charge in [0.1, 0.15) is 17.7 Å². The molecule has 0 saturated carbocycles. The lowest BCUT2D eigenvalue weighted by molar-refractivity contribution is 0.0785. The SMILES string of the molecule is COc1ncnc2ccn(-c3cnc4nc(C)n(Cc5cccc(C(C)(C)O)c5)c4c3)c12. The number of rotatable bonds is 5. The molecule has 0 aliphatic carbocycles. The Morgan fingerprint density at radius 1 is 1.09 bits per heavy atom. The van der Waals surface area contributed by atoms with Crippen LogP contribution in [-0.4, -0.2) is 41.3 Å². The Balaban J connectivity index is 1.61. The van der Waals surface area contributed by atoms with Gasteiger partial charge in [-0.2, -0.15) is 4.98 Å². The molecule has 8 nitrogen and oxygen atoms in total. The number of aryl methyl sites for hydroxylation is 1. The third-order valence-corrected chi connectivity index (χ3v) is 5.67. The van der Waals surface area contributed by atoms with Crippen molar-refractivity contribution in [1.82, 2.24) is 29.1 Å². The monoisotopic (exact) mass is 428 g/mol. The molecule has 0 bridgehead atoms. The van der Waals surface area contributed by atoms with Crippen LogP contribution >= 0.6 is 0 Å². The van der Waals surface area contributed by atoms with Crippen LogP contribution in [-0.2, 0) is 12.1 Å². The van der Waals surface area contributed by atoms with Crippen LogP contribution in [0.1, 0.15) is 30.8 Å². The van der Waals surface area contributed by atoms with Crippen molar-refractivity contribution >= 4 is 22.2 Å². The summed E-state index contributed by atoms with van der Waals surface area (Å²) < 4.78 is 9.56. The van der Waals surface area contributed by atoms with Gasteiger partial charge in [-0.1, -0.05) is 24.3 Å². The van der Waals surface area contributed by atoms with Gasteiger partial charge in [0.2, 0.25) is 5.88 Å². The average Bonchev–Trinajstić information content (AvgIpc) is 3.34. The van der Waals surface area contributed by atoms with Crippen molar-refractivity contribution < 1.29 is 9.84 Å². The fourth-order valence-corrected chi connectivity index (χ4v) is 3.98. The molecular formula is C24H24N6O2. The largest absolute Gasteiger partial charge is 0.479 e. The summed E-state index contributed by atoms with van der Waals surface area (Å²) in [6.07, 6.45) is 5.22. The number of fused-ring (bicyclic) bond motifs is 2. The van der Waals surface area contributed by atoms with E-state index in [9.17, 15) is 5.11 Å². The van der Waals surface area contributed by atoms with Crippen LogP contribution in [0.3, 0.4) is 0 Å². The summed E-state index contributed by atoms with van der Waals surface area (Å²) in [5.74, 6) is 1.38. The van der Waals surface area contributed by atoms with E-state index in [1.165, 1.54) is 6.33 Å². The van der Waals surface area contributed by atoms with Crippen LogP contribution in [0.4, 0.5) is 0 Å². The summed E-state index contributed by atoms with van der Waals surface area (Å²) in [4.78, 5) is 17.8. The maximum atomic E-state index is 10.4. The molecule has 4 heterocycles. The van der Waals surface area contributed by atoms with Gasteiger partial charge in [-0.25, -0.2) is 15.0 Å². The Kier molecular flexibility index (Phi) is 4.67. The molecule has 0 aliphatic heterocycles. The van der Waals surface area contributed by atoms with E-state index in [0.717, 1.165) is 39.2 Å². The first-order valence-electron chi connectivity index (χ1n) is 10.4. The van der Waals surface area contributed by atoms with Crippen molar-refractivity contribution in [2.45, 2.75) is 32.9 Å². The number of methoxy groups -OCH3 is 1. The van der Waals surface area contributed by atoms with E-state index >= 15 is 0 Å². The zero-order valence-electron chi connectivity index (χ0n) is 18.4. The lowest BCUT2D eigenvalue weighted by atomic mass is 9.96. The summed E-state index contributed by atoms with van der Waals surface area (Å²) in [6.45, 7) is 6.18. The number of aromatic nitrogens is 6. The highest BCUT2D eigenvalue weighted by Gasteiger charge is 2.17. The van der Waals surface area contributed by atoms with E-state index in [4.69, 9.17) is 4.74 Å². The van der Waals surface area contributed by atoms with Gasteiger partial charge in [0.05, 0.1) is 35.6 Å². The first kappa shape index (κ1) is 20.1. The Bertz CT molecular complexity index is 1440. The molecule has 1 aromatic carbocycles. The molecule has 5 rings (SSSR count). The summed E-state index contributed by atoms with van der Waals surface area (Å²) in [5.41, 5.74) is 5.12. The molecule has 0 atom stereocenters. The van der Waals surface area contributed by atoms with Crippen LogP contribution in [0.5, 0.6) is 5.88 Å². The van der Waals surface area contributed by atoms with Crippen molar-refractivity contribution in [2.75, 3.05) is 7.11 Å². The van der Waals surface area contributed by atoms with Gasteiger partial charge in [0, 0.05) is 12.7 Å². The first-order valence-corrected chi connectivity index (χ1v) is 10.4. The number of hydrogen-bond donors (Lipinski definition) is 1. The number of hydrogen-bond acceptors (Lipinski definition) is 6. The van der Waals surface area contributed by atoms with E-state index in [0.29, 0.717) is 18.1 Å². The van der Waals surface area contributed by atoms with E-state index < -0.39 is 5.60 Å². The van der Waals surface area contributed by atoms with E-state index in [1.807, 2.05) is 42.0 Å². The number of nitrogens with zero attached hydrogens (tertiary/aromatic N) is 6. The maximum Gasteiger partial charge on any atom is 0.241 e. The van der Waals surface area contributed by atoms with Crippen LogP contribution in [0.25, 0.3) is 27.9 Å². The lowest BCUT2D eigenvalue weighted by Gasteiger charge is -2.19. The highest BCUT2D eigenvalue weighted by atomic mass is 16.5. The Labute approximate surface area is 185 Å². The number of pyridine rings is 1. The average molecular weight is 428 g/mol. The third kappa shape index (κ3) is 3.38. The molecule has 32 heavy (non-hydrogen) atoms. The standard InChI is InChI=1S/C24H24N6O2/c1-15-28-22-20(30(15)13-16-6-5-7-17(10-16)24(2,3)31)11-18(12-25-22)29-9-8-19-21(29)23(32-4)27-14-26-19/h5-12,14,31H,13H2,1-4H3. The number of imidazole rings is 1. The summed E-state index contributed by atoms with van der Waals surface area (Å²) in [5, 5.41) is 10.4. The first-order chi connectivity index (χ1) is 15.3. The van der Waals surface area contributed by atoms with Crippen molar-refractivity contribution in [3.8, 4) is 11.6 Å². The molecule has 0 radical (unpaired) electrons. The minimum atomic E-state index is -0.895. The second-order valence-electron chi connectivity index (χ2n) is 8.34. The smallest absolute Gasteiger partial charge is 0.241 e. The molecule has 0 unspecified atom stereocenters. The van der Waals surface area contributed by atoms with Gasteiger partial charge in [-0.05, 0) is 44.0 Å². The minimum absolute atomic E-state index is 0.508. The van der Waals surface area contributed by atoms with Crippen molar-refractivity contribution in [1.29, 1.82) is 0 Å². The number of benzene rings is 1. The van der Waals surface area contributed by atoms with E-state index in [-0.39, 0.29) is 0 Å². The van der Waals surface area contributed by atoms with Gasteiger partial charge in [-0.15, -0.1) is 0 Å². The third-order valence-electron chi connectivity index (χ3n) is 5.67. The van der Waals surface area contributed by atoms with Crippen molar-refractivity contribution in [3.05, 3.63) is 72.1 Å². The van der Waals surface area contributed by atoms with Gasteiger partial charge < -0.3 is 19.0 Å². The Morgan fingerprint density at radius 2 is 1.94 bits per heavy atom. The lowest BCUT2D eigenvalue weighted by Crippen LogP contribution is -2.16. The van der Waals surface area contributed by atoms with Crippen LogP contribution in [0.15, 0.2) is 55.1 Å². The molecule has 1 N–H and O–H groups in total. The van der Waals surface area contributed by atoms with Gasteiger partial charge in [-0.3, -0.25) is 0 Å². The van der Waals surface area contributed by atoms with Crippen LogP contribution in [0.2, 0.25) is 0 Å². The predicted molar refractivity (Wildman–Crippen MR) is 122 cm³/mol. The molecule has 5 aromatic rings. The molecule has 162 valence electrons. The van der Waals surface area contributed by atoms with Gasteiger partial charge >= 0.3 is 0 Å². The zero-order chi connectivity index (χ0) is 22.5. The van der Waals surface area contributed by atoms with Crippen molar-refractivity contribution in [3.63, 3.8) is 0 Å². The quantitative estimate of drug-likeness (QED) is 0.458. The van der Waals surface area contributed by atoms with Gasteiger partial charge in [0.15, 0.2) is 5.65 Å². The summed E-state index contributed by atoms with van der Waals surface area (Å²) >= 11 is 0. The molecule has 4 aromatic heterocycles. The summed E-state index contributed by atoms with van der Waals surface area (Å²) in [7, 11) is 1.60. The molecule has 8 heteroatoms. The highest BCUT2D eigenvalue weighted by molar-refractivity contribution is 5.83. The van der Waals surface area contributed by atoms with Crippen molar-refractivity contribution in [2.24, 2.45) is 0 Å². The second-order valence-corrected chi connectivity index (χ2v) is 8.34. The number of ether oxygens (including phenoxy) is 1. The molecular weight excluding hydrogens is 404 g/mol. The molecule has 0 saturated heterocycles. The Morgan fingerprint density at radius 3 is 2.72 bits per heavy atom. The topological polar surface area (TPSA) is 90.9 Å². The van der Waals surface area contributed by atoms with Crippen LogP contribution in [0, 0.1) is 6.92 Å². The second kappa shape index (κ2) is 7.42. The Hall–Kier alpha value is -3.78. The van der Waals surface area contributed by atoms with Crippen LogP contribution < -0.4 is 4.74 Å². The molecule has 0 spiro atoms. The highest BCUT2D eigenvalue weighted by Crippen LogP contribution is 2.27. The fourth-order valence-electron chi connectivity index (χ4n) is 3.98. The maximum absolute atomic E-state index is 10.4. The van der Waals surface area contributed by atoms with E-state index in [2.05, 4.69) is 36.6 Å². The fraction of sp³-hybridized carbons (Fsp3) is 0.250. The molecule has 0 aliphatic rings. The van der Waals surface area contributed by atoms with Gasteiger partial charge in [0.25, 0.3) is 0 Å². The predicted octanol–water partition coefficient (Wildman–Crippen LogP) is 3.76. The normalized spacial score (nSPS) is 12.0. The zero-order valence-corrected chi connectivity index (χ0v) is 18.4. The minimum Gasteiger partial charge on any atom is -0.479 e. The van der Waals surface area contributed by atoms with E-state index in [1.54, 1.807) is 27.2 Å². The molecule has 0 amide bonds. The number of aliphatic hydroxyl groups is 1. The summed E-state index contributed by atoms with van der Waals surface area (Å²) in [6, 6.07) is 12.0.